The maximum atomic E-state index is 5.34. The quantitative estimate of drug-likeness (QED) is 0.882. The van der Waals surface area contributed by atoms with Gasteiger partial charge in [-0.15, -0.1) is 0 Å². The van der Waals surface area contributed by atoms with Crippen molar-refractivity contribution in [2.24, 2.45) is 0 Å². The van der Waals surface area contributed by atoms with Crippen molar-refractivity contribution in [1.29, 1.82) is 0 Å². The van der Waals surface area contributed by atoms with Crippen molar-refractivity contribution in [1.82, 2.24) is 10.2 Å². The highest BCUT2D eigenvalue weighted by atomic mass is 16.5. The Bertz CT molecular complexity index is 394. The number of nitrogens with one attached hydrogen (secondary N) is 1. The van der Waals surface area contributed by atoms with Gasteiger partial charge in [0.15, 0.2) is 0 Å². The minimum Gasteiger partial charge on any atom is -0.383 e. The molecule has 1 aliphatic heterocycles. The van der Waals surface area contributed by atoms with Crippen LogP contribution in [0.3, 0.4) is 0 Å². The van der Waals surface area contributed by atoms with Crippen molar-refractivity contribution in [2.45, 2.75) is 38.9 Å². The molecule has 106 valence electrons. The molecule has 0 saturated carbocycles. The van der Waals surface area contributed by atoms with Crippen LogP contribution in [0.5, 0.6) is 0 Å². The molecule has 19 heavy (non-hydrogen) atoms. The van der Waals surface area contributed by atoms with Gasteiger partial charge in [0, 0.05) is 25.7 Å². The van der Waals surface area contributed by atoms with Crippen LogP contribution in [0.1, 0.15) is 37.4 Å². The first-order chi connectivity index (χ1) is 9.27. The van der Waals surface area contributed by atoms with Gasteiger partial charge in [0.25, 0.3) is 0 Å². The summed E-state index contributed by atoms with van der Waals surface area (Å²) in [6.07, 6.45) is 1.17. The van der Waals surface area contributed by atoms with E-state index in [0.717, 1.165) is 26.2 Å². The molecule has 1 heterocycles. The maximum absolute atomic E-state index is 5.34. The predicted molar refractivity (Wildman–Crippen MR) is 79.2 cm³/mol. The topological polar surface area (TPSA) is 24.5 Å². The second-order valence-corrected chi connectivity index (χ2v) is 5.31. The number of nitrogens with zero attached hydrogens (tertiary/aromatic N) is 1. The summed E-state index contributed by atoms with van der Waals surface area (Å²) in [4.78, 5) is 2.56. The van der Waals surface area contributed by atoms with E-state index >= 15 is 0 Å². The smallest absolute Gasteiger partial charge is 0.0615 e. The number of ether oxygens (including phenoxy) is 1. The van der Waals surface area contributed by atoms with Gasteiger partial charge < -0.3 is 10.1 Å². The average Bonchev–Trinajstić information content (AvgIpc) is 2.63. The predicted octanol–water partition coefficient (Wildman–Crippen LogP) is 2.58. The van der Waals surface area contributed by atoms with Gasteiger partial charge in [-0.3, -0.25) is 4.90 Å². The summed E-state index contributed by atoms with van der Waals surface area (Å²) in [5, 5.41) is 3.53. The van der Waals surface area contributed by atoms with Crippen molar-refractivity contribution < 1.29 is 4.74 Å². The van der Waals surface area contributed by atoms with Crippen molar-refractivity contribution in [3.63, 3.8) is 0 Å². The molecule has 0 saturated heterocycles. The summed E-state index contributed by atoms with van der Waals surface area (Å²) in [6.45, 7) is 8.42. The molecule has 2 atom stereocenters. The van der Waals surface area contributed by atoms with Gasteiger partial charge in [0.1, 0.15) is 0 Å². The molecule has 0 bridgehead atoms. The van der Waals surface area contributed by atoms with Crippen LogP contribution >= 0.6 is 0 Å². The van der Waals surface area contributed by atoms with Crippen molar-refractivity contribution in [2.75, 3.05) is 26.8 Å². The SMILES string of the molecule is CCN(C(C)COC)C1CCNCc2ccccc21. The van der Waals surface area contributed by atoms with Crippen LogP contribution in [0.15, 0.2) is 24.3 Å². The largest absolute Gasteiger partial charge is 0.383 e. The van der Waals surface area contributed by atoms with Gasteiger partial charge in [-0.25, -0.2) is 0 Å². The highest BCUT2D eigenvalue weighted by Gasteiger charge is 2.26. The fraction of sp³-hybridized carbons (Fsp3) is 0.625. The molecule has 1 aromatic rings. The van der Waals surface area contributed by atoms with Crippen molar-refractivity contribution >= 4 is 0 Å². The van der Waals surface area contributed by atoms with E-state index in [1.165, 1.54) is 17.5 Å². The van der Waals surface area contributed by atoms with Gasteiger partial charge in [-0.05, 0) is 37.6 Å². The molecule has 0 amide bonds. The minimum atomic E-state index is 0.450. The number of hydrogen-bond acceptors (Lipinski definition) is 3. The molecule has 2 rings (SSSR count). The molecular weight excluding hydrogens is 236 g/mol. The normalized spacial score (nSPS) is 20.9. The fourth-order valence-electron chi connectivity index (χ4n) is 3.16. The van der Waals surface area contributed by atoms with E-state index in [9.17, 15) is 0 Å². The van der Waals surface area contributed by atoms with Gasteiger partial charge in [0.05, 0.1) is 6.61 Å². The molecule has 1 aromatic carbocycles. The third-order valence-corrected chi connectivity index (χ3v) is 4.06. The lowest BCUT2D eigenvalue weighted by atomic mass is 9.97. The van der Waals surface area contributed by atoms with Crippen LogP contribution in [0, 0.1) is 0 Å². The zero-order valence-electron chi connectivity index (χ0n) is 12.4. The number of rotatable bonds is 5. The van der Waals surface area contributed by atoms with Gasteiger partial charge in [-0.2, -0.15) is 0 Å². The van der Waals surface area contributed by atoms with E-state index < -0.39 is 0 Å². The standard InChI is InChI=1S/C16H26N2O/c1-4-18(13(2)12-19-3)16-9-10-17-11-14-7-5-6-8-15(14)16/h5-8,13,16-17H,4,9-12H2,1-3H3. The lowest BCUT2D eigenvalue weighted by Crippen LogP contribution is -2.39. The molecule has 1 N–H and O–H groups in total. The molecule has 0 aromatic heterocycles. The summed E-state index contributed by atoms with van der Waals surface area (Å²) < 4.78 is 5.34. The first kappa shape index (κ1) is 14.5. The third kappa shape index (κ3) is 3.35. The van der Waals surface area contributed by atoms with Gasteiger partial charge in [0.2, 0.25) is 0 Å². The lowest BCUT2D eigenvalue weighted by molar-refractivity contribution is 0.0704. The molecule has 3 nitrogen and oxygen atoms in total. The third-order valence-electron chi connectivity index (χ3n) is 4.06. The Kier molecular flexibility index (Phi) is 5.37. The van der Waals surface area contributed by atoms with E-state index in [0.29, 0.717) is 12.1 Å². The number of hydrogen-bond donors (Lipinski definition) is 1. The molecule has 0 aliphatic carbocycles. The van der Waals surface area contributed by atoms with E-state index in [1.807, 2.05) is 0 Å². The van der Waals surface area contributed by atoms with E-state index in [-0.39, 0.29) is 0 Å². The second kappa shape index (κ2) is 7.04. The summed E-state index contributed by atoms with van der Waals surface area (Å²) in [6, 6.07) is 9.78. The lowest BCUT2D eigenvalue weighted by Gasteiger charge is -2.35. The van der Waals surface area contributed by atoms with Gasteiger partial charge >= 0.3 is 0 Å². The number of fused-ring (bicyclic) bond motifs is 1. The van der Waals surface area contributed by atoms with E-state index in [2.05, 4.69) is 48.3 Å². The highest BCUT2D eigenvalue weighted by molar-refractivity contribution is 5.31. The Labute approximate surface area is 116 Å². The summed E-state index contributed by atoms with van der Waals surface area (Å²) in [5.74, 6) is 0. The summed E-state index contributed by atoms with van der Waals surface area (Å²) >= 11 is 0. The Balaban J connectivity index is 2.26. The summed E-state index contributed by atoms with van der Waals surface area (Å²) in [5.41, 5.74) is 2.92. The second-order valence-electron chi connectivity index (χ2n) is 5.31. The van der Waals surface area contributed by atoms with Gasteiger partial charge in [-0.1, -0.05) is 31.2 Å². The van der Waals surface area contributed by atoms with Crippen LogP contribution in [0.4, 0.5) is 0 Å². The van der Waals surface area contributed by atoms with Crippen LogP contribution in [-0.4, -0.2) is 37.7 Å². The van der Waals surface area contributed by atoms with Crippen LogP contribution < -0.4 is 5.32 Å². The Morgan fingerprint density at radius 3 is 2.95 bits per heavy atom. The first-order valence-corrected chi connectivity index (χ1v) is 7.31. The molecular formula is C16H26N2O. The first-order valence-electron chi connectivity index (χ1n) is 7.31. The summed E-state index contributed by atoms with van der Waals surface area (Å²) in [7, 11) is 1.78. The number of methoxy groups -OCH3 is 1. The van der Waals surface area contributed by atoms with Crippen molar-refractivity contribution in [3.05, 3.63) is 35.4 Å². The number of likely N-dealkylation sites (N-methyl/N-ethyl adjacent to an activating group) is 1. The maximum Gasteiger partial charge on any atom is 0.0615 e. The monoisotopic (exact) mass is 262 g/mol. The Morgan fingerprint density at radius 2 is 2.21 bits per heavy atom. The molecule has 0 radical (unpaired) electrons. The van der Waals surface area contributed by atoms with Crippen LogP contribution in [0.25, 0.3) is 0 Å². The molecule has 2 unspecified atom stereocenters. The van der Waals surface area contributed by atoms with E-state index in [1.54, 1.807) is 7.11 Å². The Morgan fingerprint density at radius 1 is 1.42 bits per heavy atom. The molecule has 0 fully saturated rings. The van der Waals surface area contributed by atoms with E-state index in [4.69, 9.17) is 4.74 Å². The van der Waals surface area contributed by atoms with Crippen molar-refractivity contribution in [3.8, 4) is 0 Å². The van der Waals surface area contributed by atoms with Crippen LogP contribution in [0.2, 0.25) is 0 Å². The number of benzene rings is 1. The zero-order chi connectivity index (χ0) is 13.7. The minimum absolute atomic E-state index is 0.450. The molecule has 3 heteroatoms. The average molecular weight is 262 g/mol. The van der Waals surface area contributed by atoms with Crippen LogP contribution in [-0.2, 0) is 11.3 Å². The Hall–Kier alpha value is -0.900. The fourth-order valence-corrected chi connectivity index (χ4v) is 3.16. The molecule has 1 aliphatic rings. The zero-order valence-corrected chi connectivity index (χ0v) is 12.4. The highest BCUT2D eigenvalue weighted by Crippen LogP contribution is 2.30. The molecule has 0 spiro atoms.